The van der Waals surface area contributed by atoms with Crippen molar-refractivity contribution in [1.29, 1.82) is 0 Å². The maximum absolute atomic E-state index is 11.3. The Bertz CT molecular complexity index is 222. The summed E-state index contributed by atoms with van der Waals surface area (Å²) in [6.07, 6.45) is 2.06. The normalized spacial score (nSPS) is 26.4. The molecule has 0 aromatic heterocycles. The molecule has 1 aliphatic rings. The zero-order valence-corrected chi connectivity index (χ0v) is 9.75. The second-order valence-corrected chi connectivity index (χ2v) is 5.22. The zero-order valence-electron chi connectivity index (χ0n) is 9.75. The Hall–Kier alpha value is -0.770. The van der Waals surface area contributed by atoms with Gasteiger partial charge in [0.1, 0.15) is 5.60 Å². The van der Waals surface area contributed by atoms with Crippen molar-refractivity contribution in [3.63, 3.8) is 0 Å². The number of hydrogen-bond donors (Lipinski definition) is 2. The van der Waals surface area contributed by atoms with E-state index in [4.69, 9.17) is 4.74 Å². The zero-order chi connectivity index (χ0) is 11.5. The number of amides is 1. The Kier molecular flexibility index (Phi) is 3.97. The van der Waals surface area contributed by atoms with Crippen molar-refractivity contribution in [2.24, 2.45) is 5.92 Å². The smallest absolute Gasteiger partial charge is 0.407 e. The predicted molar refractivity (Wildman–Crippen MR) is 57.6 cm³/mol. The van der Waals surface area contributed by atoms with Crippen molar-refractivity contribution in [1.82, 2.24) is 5.32 Å². The highest BCUT2D eigenvalue weighted by Gasteiger charge is 2.24. The number of ether oxygens (including phenoxy) is 1. The van der Waals surface area contributed by atoms with Crippen molar-refractivity contribution >= 4 is 6.09 Å². The molecule has 0 radical (unpaired) electrons. The number of alkyl carbamates (subject to hydrolysis) is 1. The van der Waals surface area contributed by atoms with Gasteiger partial charge in [-0.3, -0.25) is 0 Å². The summed E-state index contributed by atoms with van der Waals surface area (Å²) < 4.78 is 5.11. The molecular formula is C11H21NO3. The fourth-order valence-corrected chi connectivity index (χ4v) is 1.78. The minimum absolute atomic E-state index is 0.185. The van der Waals surface area contributed by atoms with E-state index in [2.05, 4.69) is 5.32 Å². The van der Waals surface area contributed by atoms with Gasteiger partial charge in [-0.1, -0.05) is 0 Å². The molecule has 4 nitrogen and oxygen atoms in total. The first-order valence-electron chi connectivity index (χ1n) is 5.52. The lowest BCUT2D eigenvalue weighted by molar-refractivity contribution is 0.0517. The molecule has 1 rings (SSSR count). The molecule has 1 saturated carbocycles. The molecule has 0 aromatic rings. The Labute approximate surface area is 91.0 Å². The molecule has 0 unspecified atom stereocenters. The fraction of sp³-hybridized carbons (Fsp3) is 0.909. The van der Waals surface area contributed by atoms with Gasteiger partial charge in [-0.05, 0) is 46.0 Å². The van der Waals surface area contributed by atoms with Gasteiger partial charge in [0.25, 0.3) is 0 Å². The molecule has 1 amide bonds. The lowest BCUT2D eigenvalue weighted by Crippen LogP contribution is -2.35. The highest BCUT2D eigenvalue weighted by molar-refractivity contribution is 5.67. The van der Waals surface area contributed by atoms with Crippen LogP contribution in [0.1, 0.15) is 40.0 Å². The lowest BCUT2D eigenvalue weighted by atomic mass is 10.1. The molecule has 4 heteroatoms. The molecule has 2 N–H and O–H groups in total. The Balaban J connectivity index is 2.17. The van der Waals surface area contributed by atoms with Crippen LogP contribution in [-0.4, -0.2) is 29.4 Å². The van der Waals surface area contributed by atoms with Crippen molar-refractivity contribution in [3.8, 4) is 0 Å². The van der Waals surface area contributed by atoms with E-state index in [9.17, 15) is 9.90 Å². The summed E-state index contributed by atoms with van der Waals surface area (Å²) in [7, 11) is 0. The highest BCUT2D eigenvalue weighted by Crippen LogP contribution is 2.24. The van der Waals surface area contributed by atoms with Gasteiger partial charge < -0.3 is 15.2 Å². The van der Waals surface area contributed by atoms with Gasteiger partial charge in [-0.2, -0.15) is 0 Å². The SMILES string of the molecule is CC(C)(C)OC(=O)NC[C@@H]1CC[C@H](O)C1. The molecule has 0 saturated heterocycles. The van der Waals surface area contributed by atoms with E-state index in [0.717, 1.165) is 19.3 Å². The molecule has 0 aliphatic heterocycles. The Morgan fingerprint density at radius 2 is 2.13 bits per heavy atom. The minimum Gasteiger partial charge on any atom is -0.444 e. The lowest BCUT2D eigenvalue weighted by Gasteiger charge is -2.20. The number of rotatable bonds is 2. The van der Waals surface area contributed by atoms with Crippen LogP contribution in [0.5, 0.6) is 0 Å². The standard InChI is InChI=1S/C11H21NO3/c1-11(2,3)15-10(14)12-7-8-4-5-9(13)6-8/h8-9,13H,4-7H2,1-3H3,(H,12,14)/t8-,9+/m1/s1. The van der Waals surface area contributed by atoms with Crippen LogP contribution in [0.4, 0.5) is 4.79 Å². The molecule has 0 aromatic carbocycles. The van der Waals surface area contributed by atoms with Crippen LogP contribution >= 0.6 is 0 Å². The van der Waals surface area contributed by atoms with Crippen molar-refractivity contribution < 1.29 is 14.6 Å². The van der Waals surface area contributed by atoms with Crippen LogP contribution in [0, 0.1) is 5.92 Å². The summed E-state index contributed by atoms with van der Waals surface area (Å²) in [4.78, 5) is 11.3. The van der Waals surface area contributed by atoms with Crippen LogP contribution in [0.15, 0.2) is 0 Å². The molecule has 0 spiro atoms. The number of hydrogen-bond acceptors (Lipinski definition) is 3. The molecule has 88 valence electrons. The highest BCUT2D eigenvalue weighted by atomic mass is 16.6. The second-order valence-electron chi connectivity index (χ2n) is 5.22. The monoisotopic (exact) mass is 215 g/mol. The summed E-state index contributed by atoms with van der Waals surface area (Å²) in [5.74, 6) is 0.396. The second kappa shape index (κ2) is 4.84. The van der Waals surface area contributed by atoms with Crippen LogP contribution in [0.3, 0.4) is 0 Å². The molecule has 1 aliphatic carbocycles. The first-order valence-corrected chi connectivity index (χ1v) is 5.52. The van der Waals surface area contributed by atoms with Gasteiger partial charge in [0.05, 0.1) is 6.10 Å². The maximum atomic E-state index is 11.3. The number of carbonyl (C=O) groups excluding carboxylic acids is 1. The fourth-order valence-electron chi connectivity index (χ4n) is 1.78. The number of aliphatic hydroxyl groups excluding tert-OH is 1. The summed E-state index contributed by atoms with van der Waals surface area (Å²) in [6.45, 7) is 6.12. The first-order chi connectivity index (χ1) is 6.87. The number of nitrogens with one attached hydrogen (secondary N) is 1. The van der Waals surface area contributed by atoms with Crippen LogP contribution in [-0.2, 0) is 4.74 Å². The van der Waals surface area contributed by atoms with E-state index >= 15 is 0 Å². The van der Waals surface area contributed by atoms with Crippen molar-refractivity contribution in [2.75, 3.05) is 6.54 Å². The third kappa shape index (κ3) is 5.02. The van der Waals surface area contributed by atoms with Gasteiger partial charge in [-0.25, -0.2) is 4.79 Å². The third-order valence-electron chi connectivity index (χ3n) is 2.45. The average molecular weight is 215 g/mol. The average Bonchev–Trinajstić information content (AvgIpc) is 2.45. The molecule has 0 heterocycles. The molecule has 0 bridgehead atoms. The van der Waals surface area contributed by atoms with E-state index in [-0.39, 0.29) is 12.2 Å². The first kappa shape index (κ1) is 12.3. The summed E-state index contributed by atoms with van der Waals surface area (Å²) >= 11 is 0. The predicted octanol–water partition coefficient (Wildman–Crippen LogP) is 1.67. The van der Waals surface area contributed by atoms with Crippen LogP contribution in [0.2, 0.25) is 0 Å². The van der Waals surface area contributed by atoms with E-state index < -0.39 is 5.60 Å². The molecular weight excluding hydrogens is 194 g/mol. The van der Waals surface area contributed by atoms with E-state index in [0.29, 0.717) is 12.5 Å². The minimum atomic E-state index is -0.445. The van der Waals surface area contributed by atoms with E-state index in [1.807, 2.05) is 20.8 Å². The summed E-state index contributed by atoms with van der Waals surface area (Å²) in [6, 6.07) is 0. The van der Waals surface area contributed by atoms with E-state index in [1.165, 1.54) is 0 Å². The van der Waals surface area contributed by atoms with Gasteiger partial charge >= 0.3 is 6.09 Å². The van der Waals surface area contributed by atoms with Gasteiger partial charge in [0.15, 0.2) is 0 Å². The van der Waals surface area contributed by atoms with Crippen molar-refractivity contribution in [3.05, 3.63) is 0 Å². The molecule has 15 heavy (non-hydrogen) atoms. The molecule has 1 fully saturated rings. The largest absolute Gasteiger partial charge is 0.444 e. The number of aliphatic hydroxyl groups is 1. The van der Waals surface area contributed by atoms with Gasteiger partial charge in [-0.15, -0.1) is 0 Å². The van der Waals surface area contributed by atoms with E-state index in [1.54, 1.807) is 0 Å². The van der Waals surface area contributed by atoms with Gasteiger partial charge in [0, 0.05) is 6.54 Å². The maximum Gasteiger partial charge on any atom is 0.407 e. The van der Waals surface area contributed by atoms with Crippen LogP contribution in [0.25, 0.3) is 0 Å². The Morgan fingerprint density at radius 1 is 1.47 bits per heavy atom. The molecule has 2 atom stereocenters. The Morgan fingerprint density at radius 3 is 2.60 bits per heavy atom. The van der Waals surface area contributed by atoms with Gasteiger partial charge in [0.2, 0.25) is 0 Å². The summed E-state index contributed by atoms with van der Waals surface area (Å²) in [5.41, 5.74) is -0.445. The number of carbonyl (C=O) groups is 1. The third-order valence-corrected chi connectivity index (χ3v) is 2.45. The van der Waals surface area contributed by atoms with Crippen molar-refractivity contribution in [2.45, 2.75) is 51.7 Å². The quantitative estimate of drug-likeness (QED) is 0.736. The summed E-state index contributed by atoms with van der Waals surface area (Å²) in [5, 5.41) is 12.0. The van der Waals surface area contributed by atoms with Crippen LogP contribution < -0.4 is 5.32 Å². The topological polar surface area (TPSA) is 58.6 Å².